The number of benzene rings is 1. The van der Waals surface area contributed by atoms with Crippen molar-refractivity contribution < 1.29 is 28.6 Å². The largest absolute Gasteiger partial charge is 0.379 e. The first-order chi connectivity index (χ1) is 22.6. The lowest BCUT2D eigenvalue weighted by molar-refractivity contribution is -0.138. The zero-order valence-corrected chi connectivity index (χ0v) is 28.9. The summed E-state index contributed by atoms with van der Waals surface area (Å²) < 4.78 is 18.5. The molecule has 1 aliphatic rings. The second-order valence-electron chi connectivity index (χ2n) is 13.5. The highest BCUT2D eigenvalue weighted by Gasteiger charge is 2.36. The number of aromatic nitrogens is 1. The highest BCUT2D eigenvalue weighted by Crippen LogP contribution is 2.29. The minimum Gasteiger partial charge on any atom is -0.379 e. The number of hydrogen-bond acceptors (Lipinski definition) is 7. The molecule has 0 bridgehead atoms. The van der Waals surface area contributed by atoms with Gasteiger partial charge < -0.3 is 34.3 Å². The first-order valence-electron chi connectivity index (χ1n) is 17.1. The fraction of sp³-hybridized carbons (Fsp3) is 0.667. The van der Waals surface area contributed by atoms with Gasteiger partial charge in [0.1, 0.15) is 6.04 Å². The van der Waals surface area contributed by atoms with E-state index in [1.54, 1.807) is 7.05 Å². The van der Waals surface area contributed by atoms with Crippen molar-refractivity contribution in [3.05, 3.63) is 36.0 Å². The molecule has 1 aliphatic carbocycles. The fourth-order valence-electron chi connectivity index (χ4n) is 5.85. The molecule has 2 aromatic rings. The molecule has 0 unspecified atom stereocenters. The van der Waals surface area contributed by atoms with Crippen molar-refractivity contribution in [1.29, 1.82) is 5.26 Å². The first kappa shape index (κ1) is 38.0. The third kappa shape index (κ3) is 12.9. The van der Waals surface area contributed by atoms with Crippen LogP contribution in [0.2, 0.25) is 0 Å². The zero-order valence-electron chi connectivity index (χ0n) is 28.9. The van der Waals surface area contributed by atoms with Crippen LogP contribution in [-0.2, 0) is 30.3 Å². The summed E-state index contributed by atoms with van der Waals surface area (Å²) in [6, 6.07) is 9.20. The van der Waals surface area contributed by atoms with Gasteiger partial charge in [-0.15, -0.1) is 0 Å². The summed E-state index contributed by atoms with van der Waals surface area (Å²) in [5.41, 5.74) is 1.01. The van der Waals surface area contributed by atoms with Crippen molar-refractivity contribution in [2.75, 3.05) is 59.8 Å². The van der Waals surface area contributed by atoms with Gasteiger partial charge in [-0.2, -0.15) is 5.26 Å². The van der Waals surface area contributed by atoms with Gasteiger partial charge in [0.15, 0.2) is 0 Å². The van der Waals surface area contributed by atoms with Crippen molar-refractivity contribution in [2.24, 2.45) is 11.3 Å². The summed E-state index contributed by atoms with van der Waals surface area (Å²) in [6.07, 6.45) is 10.0. The second kappa shape index (κ2) is 20.0. The van der Waals surface area contributed by atoms with Crippen LogP contribution in [0.4, 0.5) is 0 Å². The molecule has 0 radical (unpaired) electrons. The number of unbranched alkanes of at least 4 members (excludes halogenated alkanes) is 1. The first-order valence-corrected chi connectivity index (χ1v) is 17.1. The van der Waals surface area contributed by atoms with Crippen LogP contribution in [0.1, 0.15) is 82.5 Å². The maximum atomic E-state index is 13.7. The Morgan fingerprint density at radius 2 is 1.62 bits per heavy atom. The van der Waals surface area contributed by atoms with Gasteiger partial charge in [0.25, 0.3) is 5.91 Å². The van der Waals surface area contributed by atoms with E-state index in [1.807, 2.05) is 45.2 Å². The van der Waals surface area contributed by atoms with Gasteiger partial charge in [-0.25, -0.2) is 0 Å². The minimum atomic E-state index is -0.820. The Balaban J connectivity index is 1.42. The van der Waals surface area contributed by atoms with Crippen LogP contribution in [0.15, 0.2) is 30.5 Å². The third-order valence-electron chi connectivity index (χ3n) is 8.47. The molecule has 1 atom stereocenters. The quantitative estimate of drug-likeness (QED) is 0.198. The number of amides is 3. The van der Waals surface area contributed by atoms with E-state index in [0.29, 0.717) is 70.5 Å². The van der Waals surface area contributed by atoms with E-state index in [-0.39, 0.29) is 24.3 Å². The number of rotatable bonds is 20. The molecule has 0 spiro atoms. The van der Waals surface area contributed by atoms with Crippen LogP contribution in [0.5, 0.6) is 0 Å². The second-order valence-corrected chi connectivity index (χ2v) is 13.5. The SMILES string of the molecule is CN(CC(=O)NCCCOCCOCCOCCCC#N)C(=O)[C@@H](NC(=O)c1cn(CC2CCCCC2)c2ccccc12)C(C)(C)C. The lowest BCUT2D eigenvalue weighted by atomic mass is 9.85. The lowest BCUT2D eigenvalue weighted by Gasteiger charge is -2.33. The number of nitrogens with one attached hydrogen (secondary N) is 2. The number of carbonyl (C=O) groups is 3. The van der Waals surface area contributed by atoms with Crippen molar-refractivity contribution in [3.63, 3.8) is 0 Å². The van der Waals surface area contributed by atoms with Crippen LogP contribution in [0.3, 0.4) is 0 Å². The molecule has 1 aromatic heterocycles. The van der Waals surface area contributed by atoms with E-state index < -0.39 is 11.5 Å². The number of carbonyl (C=O) groups excluding carboxylic acids is 3. The highest BCUT2D eigenvalue weighted by atomic mass is 16.5. The van der Waals surface area contributed by atoms with Crippen molar-refractivity contribution in [1.82, 2.24) is 20.1 Å². The Morgan fingerprint density at radius 1 is 0.979 bits per heavy atom. The fourth-order valence-corrected chi connectivity index (χ4v) is 5.85. The summed E-state index contributed by atoms with van der Waals surface area (Å²) in [6.45, 7) is 9.81. The van der Waals surface area contributed by atoms with Gasteiger partial charge in [-0.05, 0) is 43.1 Å². The number of ether oxygens (including phenoxy) is 3. The molecule has 0 saturated heterocycles. The summed E-state index contributed by atoms with van der Waals surface area (Å²) in [5, 5.41) is 15.2. The van der Waals surface area contributed by atoms with E-state index >= 15 is 0 Å². The molecule has 0 aliphatic heterocycles. The monoisotopic (exact) mass is 653 g/mol. The van der Waals surface area contributed by atoms with Crippen LogP contribution in [0, 0.1) is 22.7 Å². The minimum absolute atomic E-state index is 0.116. The van der Waals surface area contributed by atoms with Crippen LogP contribution >= 0.6 is 0 Å². The average molecular weight is 654 g/mol. The van der Waals surface area contributed by atoms with Crippen LogP contribution in [0.25, 0.3) is 10.9 Å². The summed E-state index contributed by atoms with van der Waals surface area (Å²) in [4.78, 5) is 41.3. The molecule has 2 N–H and O–H groups in total. The number of likely N-dealkylation sites (N-methyl/N-ethyl adjacent to an activating group) is 1. The Bertz CT molecular complexity index is 1310. The van der Waals surface area contributed by atoms with Gasteiger partial charge >= 0.3 is 0 Å². The van der Waals surface area contributed by atoms with Crippen molar-refractivity contribution in [2.45, 2.75) is 84.7 Å². The zero-order chi connectivity index (χ0) is 34.1. The maximum Gasteiger partial charge on any atom is 0.254 e. The van der Waals surface area contributed by atoms with Gasteiger partial charge in [0.2, 0.25) is 11.8 Å². The number of nitrogens with zero attached hydrogens (tertiary/aromatic N) is 3. The molecule has 11 nitrogen and oxygen atoms in total. The number of para-hydroxylation sites is 1. The molecule has 1 saturated carbocycles. The average Bonchev–Trinajstić information content (AvgIpc) is 3.41. The maximum absolute atomic E-state index is 13.7. The van der Waals surface area contributed by atoms with E-state index in [2.05, 4.69) is 27.3 Å². The van der Waals surface area contributed by atoms with Crippen LogP contribution < -0.4 is 10.6 Å². The molecule has 1 heterocycles. The van der Waals surface area contributed by atoms with Gasteiger partial charge in [-0.1, -0.05) is 58.2 Å². The van der Waals surface area contributed by atoms with E-state index in [0.717, 1.165) is 23.9 Å². The lowest BCUT2D eigenvalue weighted by Crippen LogP contribution is -2.55. The number of hydrogen-bond donors (Lipinski definition) is 2. The predicted octanol–water partition coefficient (Wildman–Crippen LogP) is 4.68. The topological polar surface area (TPSA) is 135 Å². The number of nitriles is 1. The normalized spacial score (nSPS) is 14.4. The Labute approximate surface area is 280 Å². The van der Waals surface area contributed by atoms with Gasteiger partial charge in [0.05, 0.1) is 44.6 Å². The summed E-state index contributed by atoms with van der Waals surface area (Å²) >= 11 is 0. The predicted molar refractivity (Wildman–Crippen MR) is 182 cm³/mol. The summed E-state index contributed by atoms with van der Waals surface area (Å²) in [7, 11) is 1.59. The molecule has 3 amide bonds. The molecule has 3 rings (SSSR count). The Hall–Kier alpha value is -3.46. The molecular formula is C36H55N5O6. The van der Waals surface area contributed by atoms with E-state index in [9.17, 15) is 14.4 Å². The molecular weight excluding hydrogens is 598 g/mol. The molecule has 47 heavy (non-hydrogen) atoms. The smallest absolute Gasteiger partial charge is 0.254 e. The van der Waals surface area contributed by atoms with Crippen molar-refractivity contribution >= 4 is 28.6 Å². The molecule has 260 valence electrons. The van der Waals surface area contributed by atoms with Gasteiger partial charge in [-0.3, -0.25) is 14.4 Å². The van der Waals surface area contributed by atoms with E-state index in [4.69, 9.17) is 19.5 Å². The third-order valence-corrected chi connectivity index (χ3v) is 8.47. The number of fused-ring (bicyclic) bond motifs is 1. The summed E-state index contributed by atoms with van der Waals surface area (Å²) in [5.74, 6) is -0.276. The van der Waals surface area contributed by atoms with E-state index in [1.165, 1.54) is 37.0 Å². The molecule has 1 aromatic carbocycles. The molecule has 1 fully saturated rings. The van der Waals surface area contributed by atoms with Crippen LogP contribution in [-0.4, -0.2) is 93.0 Å². The Morgan fingerprint density at radius 3 is 2.28 bits per heavy atom. The standard InChI is InChI=1S/C36H55N5O6/c1-36(2,3)33(39-34(43)30-26-41(25-28-13-6-5-7-14-28)31-16-9-8-15-29(30)31)35(44)40(4)27-32(42)38-18-12-20-46-22-24-47-23-21-45-19-11-10-17-37/h8-9,15-16,26,28,33H,5-7,10-14,18-25,27H2,1-4H3,(H,38,42)(H,39,43)/t33-/m1/s1. The molecule has 11 heteroatoms. The van der Waals surface area contributed by atoms with Gasteiger partial charge in [0, 0.05) is 56.9 Å². The van der Waals surface area contributed by atoms with Crippen molar-refractivity contribution in [3.8, 4) is 6.07 Å². The Kier molecular flexibility index (Phi) is 16.2. The highest BCUT2D eigenvalue weighted by molar-refractivity contribution is 6.08.